The van der Waals surface area contributed by atoms with Crippen molar-refractivity contribution in [2.75, 3.05) is 0 Å². The standard InChI is InChI=1S/C20H22F3N7O2/c21-20(22,23)6-5-17(31)24-8-13-3-4-14-15(7-13)29-16(28-14)9-25-19(32)18-26-11-27-30(18)10-12-1-2-12/h3-4,7,11-12H,1-2,5-6,8-10H2,(H,24,31)(H,25,32)(H,28,29). The quantitative estimate of drug-likeness (QED) is 0.464. The fraction of sp³-hybridized carbons (Fsp3) is 0.450. The van der Waals surface area contributed by atoms with E-state index in [4.69, 9.17) is 0 Å². The van der Waals surface area contributed by atoms with E-state index in [0.717, 1.165) is 12.8 Å². The number of H-pyrrole nitrogens is 1. The van der Waals surface area contributed by atoms with Gasteiger partial charge in [-0.15, -0.1) is 0 Å². The summed E-state index contributed by atoms with van der Waals surface area (Å²) in [5, 5.41) is 9.35. The Morgan fingerprint density at radius 3 is 2.75 bits per heavy atom. The molecule has 1 saturated carbocycles. The van der Waals surface area contributed by atoms with Crippen LogP contribution in [0.3, 0.4) is 0 Å². The summed E-state index contributed by atoms with van der Waals surface area (Å²) in [7, 11) is 0. The van der Waals surface area contributed by atoms with Crippen molar-refractivity contribution in [3.63, 3.8) is 0 Å². The van der Waals surface area contributed by atoms with Crippen molar-refractivity contribution in [3.05, 3.63) is 41.7 Å². The van der Waals surface area contributed by atoms with E-state index in [9.17, 15) is 22.8 Å². The van der Waals surface area contributed by atoms with Crippen molar-refractivity contribution in [1.82, 2.24) is 35.4 Å². The molecule has 3 aromatic rings. The lowest BCUT2D eigenvalue weighted by Crippen LogP contribution is -2.27. The number of nitrogens with zero attached hydrogens (tertiary/aromatic N) is 4. The number of rotatable bonds is 9. The lowest BCUT2D eigenvalue weighted by molar-refractivity contribution is -0.144. The van der Waals surface area contributed by atoms with Crippen molar-refractivity contribution in [2.45, 2.75) is 51.5 Å². The predicted molar refractivity (Wildman–Crippen MR) is 107 cm³/mol. The number of imidazole rings is 1. The van der Waals surface area contributed by atoms with Crippen LogP contribution in [-0.2, 0) is 24.4 Å². The van der Waals surface area contributed by atoms with Crippen molar-refractivity contribution in [3.8, 4) is 0 Å². The molecule has 12 heteroatoms. The Hall–Kier alpha value is -3.44. The summed E-state index contributed by atoms with van der Waals surface area (Å²) in [4.78, 5) is 35.6. The summed E-state index contributed by atoms with van der Waals surface area (Å²) in [5.41, 5.74) is 2.07. The van der Waals surface area contributed by atoms with Gasteiger partial charge in [-0.25, -0.2) is 14.6 Å². The van der Waals surface area contributed by atoms with Gasteiger partial charge in [0.05, 0.1) is 24.0 Å². The van der Waals surface area contributed by atoms with Crippen molar-refractivity contribution >= 4 is 22.8 Å². The number of carbonyl (C=O) groups excluding carboxylic acids is 2. The van der Waals surface area contributed by atoms with Crippen LogP contribution in [0.5, 0.6) is 0 Å². The lowest BCUT2D eigenvalue weighted by atomic mass is 10.2. The maximum atomic E-state index is 12.4. The van der Waals surface area contributed by atoms with Crippen LogP contribution in [0.2, 0.25) is 0 Å². The summed E-state index contributed by atoms with van der Waals surface area (Å²) >= 11 is 0. The van der Waals surface area contributed by atoms with E-state index in [1.807, 2.05) is 0 Å². The minimum Gasteiger partial charge on any atom is -0.352 e. The van der Waals surface area contributed by atoms with E-state index < -0.39 is 24.9 Å². The van der Waals surface area contributed by atoms with Gasteiger partial charge >= 0.3 is 6.18 Å². The smallest absolute Gasteiger partial charge is 0.352 e. The third-order valence-electron chi connectivity index (χ3n) is 5.08. The summed E-state index contributed by atoms with van der Waals surface area (Å²) in [5.74, 6) is 0.350. The molecule has 0 aliphatic heterocycles. The second-order valence-corrected chi connectivity index (χ2v) is 7.82. The number of benzene rings is 1. The molecule has 4 rings (SSSR count). The Bertz CT molecular complexity index is 1120. The lowest BCUT2D eigenvalue weighted by Gasteiger charge is -2.07. The highest BCUT2D eigenvalue weighted by atomic mass is 19.4. The second kappa shape index (κ2) is 8.97. The van der Waals surface area contributed by atoms with Crippen molar-refractivity contribution in [1.29, 1.82) is 0 Å². The van der Waals surface area contributed by atoms with Gasteiger partial charge in [0.25, 0.3) is 5.91 Å². The number of fused-ring (bicyclic) bond motifs is 1. The molecule has 0 radical (unpaired) electrons. The first-order chi connectivity index (χ1) is 15.3. The number of amides is 2. The minimum absolute atomic E-state index is 0.106. The SMILES string of the molecule is O=C(CCC(F)(F)F)NCc1ccc2nc(CNC(=O)c3ncnn3CC3CC3)[nH]c2c1. The van der Waals surface area contributed by atoms with Gasteiger partial charge in [-0.2, -0.15) is 18.3 Å². The molecule has 3 N–H and O–H groups in total. The van der Waals surface area contributed by atoms with Crippen LogP contribution < -0.4 is 10.6 Å². The molecule has 1 aliphatic rings. The van der Waals surface area contributed by atoms with Crippen molar-refractivity contribution < 1.29 is 22.8 Å². The van der Waals surface area contributed by atoms with Crippen LogP contribution >= 0.6 is 0 Å². The van der Waals surface area contributed by atoms with E-state index in [0.29, 0.717) is 34.9 Å². The van der Waals surface area contributed by atoms with Gasteiger partial charge in [-0.1, -0.05) is 6.07 Å². The molecule has 0 bridgehead atoms. The van der Waals surface area contributed by atoms with Crippen LogP contribution in [-0.4, -0.2) is 42.7 Å². The molecule has 2 amide bonds. The predicted octanol–water partition coefficient (Wildman–Crippen LogP) is 2.45. The summed E-state index contributed by atoms with van der Waals surface area (Å²) in [6.45, 7) is 0.949. The summed E-state index contributed by atoms with van der Waals surface area (Å²) < 4.78 is 38.2. The Balaban J connectivity index is 1.31. The number of hydrogen-bond acceptors (Lipinski definition) is 5. The first kappa shape index (κ1) is 21.8. The van der Waals surface area contributed by atoms with Gasteiger partial charge in [-0.05, 0) is 36.5 Å². The molecule has 0 spiro atoms. The average Bonchev–Trinajstić information content (AvgIpc) is 3.28. The molecule has 32 heavy (non-hydrogen) atoms. The molecule has 0 unspecified atom stereocenters. The third kappa shape index (κ3) is 5.83. The zero-order chi connectivity index (χ0) is 22.7. The zero-order valence-electron chi connectivity index (χ0n) is 17.1. The van der Waals surface area contributed by atoms with E-state index >= 15 is 0 Å². The molecule has 0 saturated heterocycles. The van der Waals surface area contributed by atoms with Gasteiger partial charge in [0.15, 0.2) is 0 Å². The number of halogens is 3. The maximum absolute atomic E-state index is 12.4. The minimum atomic E-state index is -4.36. The highest BCUT2D eigenvalue weighted by Gasteiger charge is 2.28. The van der Waals surface area contributed by atoms with Gasteiger partial charge in [0.1, 0.15) is 12.2 Å². The van der Waals surface area contributed by atoms with E-state index in [1.165, 1.54) is 6.33 Å². The highest BCUT2D eigenvalue weighted by molar-refractivity contribution is 5.90. The average molecular weight is 449 g/mol. The Morgan fingerprint density at radius 1 is 1.19 bits per heavy atom. The molecular weight excluding hydrogens is 427 g/mol. The first-order valence-corrected chi connectivity index (χ1v) is 10.2. The summed E-state index contributed by atoms with van der Waals surface area (Å²) in [6, 6.07) is 5.22. The number of aromatic amines is 1. The molecule has 2 aromatic heterocycles. The molecule has 1 aliphatic carbocycles. The molecule has 0 atom stereocenters. The van der Waals surface area contributed by atoms with Gasteiger partial charge in [0.2, 0.25) is 11.7 Å². The number of alkyl halides is 3. The van der Waals surface area contributed by atoms with Gasteiger partial charge in [0, 0.05) is 19.5 Å². The van der Waals surface area contributed by atoms with Crippen LogP contribution in [0.25, 0.3) is 11.0 Å². The second-order valence-electron chi connectivity index (χ2n) is 7.82. The van der Waals surface area contributed by atoms with Crippen LogP contribution in [0.4, 0.5) is 13.2 Å². The summed E-state index contributed by atoms with van der Waals surface area (Å²) in [6.07, 6.45) is -2.47. The Labute approximate surface area is 180 Å². The molecule has 2 heterocycles. The monoisotopic (exact) mass is 449 g/mol. The Morgan fingerprint density at radius 2 is 2.00 bits per heavy atom. The first-order valence-electron chi connectivity index (χ1n) is 10.2. The number of nitrogens with one attached hydrogen (secondary N) is 3. The van der Waals surface area contributed by atoms with Crippen molar-refractivity contribution in [2.24, 2.45) is 5.92 Å². The number of hydrogen-bond donors (Lipinski definition) is 3. The van der Waals surface area contributed by atoms with Crippen LogP contribution in [0, 0.1) is 5.92 Å². The topological polar surface area (TPSA) is 118 Å². The number of aromatic nitrogens is 5. The molecule has 170 valence electrons. The molecule has 1 aromatic carbocycles. The fourth-order valence-electron chi connectivity index (χ4n) is 3.21. The normalized spacial score (nSPS) is 14.0. The molecule has 9 nitrogen and oxygen atoms in total. The fourth-order valence-corrected chi connectivity index (χ4v) is 3.21. The van der Waals surface area contributed by atoms with E-state index in [-0.39, 0.29) is 24.8 Å². The zero-order valence-corrected chi connectivity index (χ0v) is 17.1. The van der Waals surface area contributed by atoms with Crippen LogP contribution in [0.15, 0.2) is 24.5 Å². The van der Waals surface area contributed by atoms with E-state index in [2.05, 4.69) is 30.7 Å². The Kier molecular flexibility index (Phi) is 6.10. The van der Waals surface area contributed by atoms with E-state index in [1.54, 1.807) is 22.9 Å². The number of carbonyl (C=O) groups is 2. The molecule has 1 fully saturated rings. The van der Waals surface area contributed by atoms with Crippen LogP contribution in [0.1, 0.15) is 47.7 Å². The largest absolute Gasteiger partial charge is 0.389 e. The highest BCUT2D eigenvalue weighted by Crippen LogP contribution is 2.30. The van der Waals surface area contributed by atoms with Gasteiger partial charge in [-0.3, -0.25) is 9.59 Å². The maximum Gasteiger partial charge on any atom is 0.389 e. The molecular formula is C20H22F3N7O2. The van der Waals surface area contributed by atoms with Gasteiger partial charge < -0.3 is 15.6 Å². The third-order valence-corrected chi connectivity index (χ3v) is 5.08.